The van der Waals surface area contributed by atoms with Gasteiger partial charge in [0.15, 0.2) is 5.62 Å². The minimum Gasteiger partial charge on any atom is -0.337 e. The van der Waals surface area contributed by atoms with Crippen molar-refractivity contribution in [3.8, 4) is 0 Å². The van der Waals surface area contributed by atoms with Crippen LogP contribution >= 0.6 is 34.8 Å². The van der Waals surface area contributed by atoms with Crippen molar-refractivity contribution < 1.29 is 0 Å². The molecule has 6 heteroatoms. The highest BCUT2D eigenvalue weighted by molar-refractivity contribution is 6.35. The SMILES string of the molecule is CN(C1=CC=NC(Cl)N1)c1cc(Cl)cc(Cl)c1. The van der Waals surface area contributed by atoms with Crippen molar-refractivity contribution in [3.05, 3.63) is 40.1 Å². The van der Waals surface area contributed by atoms with Crippen molar-refractivity contribution in [2.45, 2.75) is 5.62 Å². The molecule has 90 valence electrons. The number of aliphatic imine (C=N–C) groups is 1. The molecule has 1 unspecified atom stereocenters. The van der Waals surface area contributed by atoms with Gasteiger partial charge in [-0.2, -0.15) is 0 Å². The fourth-order valence-electron chi connectivity index (χ4n) is 1.48. The van der Waals surface area contributed by atoms with Crippen LogP contribution in [0.1, 0.15) is 0 Å². The van der Waals surface area contributed by atoms with E-state index in [1.165, 1.54) is 0 Å². The molecule has 3 nitrogen and oxygen atoms in total. The van der Waals surface area contributed by atoms with Crippen LogP contribution in [-0.4, -0.2) is 18.9 Å². The number of allylic oxidation sites excluding steroid dienone is 1. The van der Waals surface area contributed by atoms with Crippen LogP contribution in [0.5, 0.6) is 0 Å². The zero-order valence-corrected chi connectivity index (χ0v) is 11.3. The van der Waals surface area contributed by atoms with Crippen LogP contribution in [0.3, 0.4) is 0 Å². The summed E-state index contributed by atoms with van der Waals surface area (Å²) < 4.78 is 0. The lowest BCUT2D eigenvalue weighted by molar-refractivity contribution is 0.729. The summed E-state index contributed by atoms with van der Waals surface area (Å²) >= 11 is 17.8. The highest BCUT2D eigenvalue weighted by atomic mass is 35.5. The molecule has 0 saturated carbocycles. The van der Waals surface area contributed by atoms with Gasteiger partial charge in [0.05, 0.1) is 0 Å². The molecule has 0 saturated heterocycles. The standard InChI is InChI=1S/C11H10Cl3N3/c1-17(10-2-3-15-11(14)16-10)9-5-7(12)4-8(13)6-9/h2-6,11,16H,1H3. The van der Waals surface area contributed by atoms with Crippen molar-refractivity contribution in [2.75, 3.05) is 11.9 Å². The fraction of sp³-hybridized carbons (Fsp3) is 0.182. The minimum absolute atomic E-state index is 0.452. The first-order valence-corrected chi connectivity index (χ1v) is 6.09. The van der Waals surface area contributed by atoms with Gasteiger partial charge in [-0.25, -0.2) is 0 Å². The predicted octanol–water partition coefficient (Wildman–Crippen LogP) is 3.47. The molecule has 0 aliphatic carbocycles. The van der Waals surface area contributed by atoms with Gasteiger partial charge in [0.25, 0.3) is 0 Å². The van der Waals surface area contributed by atoms with E-state index in [9.17, 15) is 0 Å². The third-order valence-corrected chi connectivity index (χ3v) is 2.97. The molecular weight excluding hydrogens is 281 g/mol. The van der Waals surface area contributed by atoms with Crippen LogP contribution in [0.25, 0.3) is 0 Å². The molecule has 1 heterocycles. The average Bonchev–Trinajstić information content (AvgIpc) is 2.26. The maximum atomic E-state index is 5.96. The maximum Gasteiger partial charge on any atom is 0.196 e. The zero-order chi connectivity index (χ0) is 12.4. The summed E-state index contributed by atoms with van der Waals surface area (Å²) in [6, 6.07) is 5.34. The summed E-state index contributed by atoms with van der Waals surface area (Å²) in [4.78, 5) is 5.87. The smallest absolute Gasteiger partial charge is 0.196 e. The lowest BCUT2D eigenvalue weighted by Gasteiger charge is -2.26. The first kappa shape index (κ1) is 12.6. The first-order valence-electron chi connectivity index (χ1n) is 4.90. The predicted molar refractivity (Wildman–Crippen MR) is 74.2 cm³/mol. The van der Waals surface area contributed by atoms with Gasteiger partial charge in [-0.15, -0.1) is 0 Å². The number of hydrogen-bond acceptors (Lipinski definition) is 3. The molecule has 0 bridgehead atoms. The summed E-state index contributed by atoms with van der Waals surface area (Å²) in [6.45, 7) is 0. The lowest BCUT2D eigenvalue weighted by Crippen LogP contribution is -2.34. The number of anilines is 1. The van der Waals surface area contributed by atoms with Gasteiger partial charge < -0.3 is 10.2 Å². The topological polar surface area (TPSA) is 27.6 Å². The zero-order valence-electron chi connectivity index (χ0n) is 8.99. The summed E-state index contributed by atoms with van der Waals surface area (Å²) in [7, 11) is 1.89. The number of nitrogens with one attached hydrogen (secondary N) is 1. The summed E-state index contributed by atoms with van der Waals surface area (Å²) in [5.41, 5.74) is 0.424. The van der Waals surface area contributed by atoms with Crippen LogP contribution in [0.15, 0.2) is 35.1 Å². The third kappa shape index (κ3) is 3.06. The summed E-state index contributed by atoms with van der Waals surface area (Å²) in [6.07, 6.45) is 3.49. The van der Waals surface area contributed by atoms with Crippen molar-refractivity contribution in [1.82, 2.24) is 5.32 Å². The van der Waals surface area contributed by atoms with Gasteiger partial charge >= 0.3 is 0 Å². The Morgan fingerprint density at radius 3 is 2.47 bits per heavy atom. The Morgan fingerprint density at radius 1 is 1.24 bits per heavy atom. The Hall–Kier alpha value is -0.900. The van der Waals surface area contributed by atoms with Crippen LogP contribution in [0.2, 0.25) is 10.0 Å². The largest absolute Gasteiger partial charge is 0.337 e. The first-order chi connectivity index (χ1) is 8.06. The van der Waals surface area contributed by atoms with Crippen molar-refractivity contribution in [2.24, 2.45) is 4.99 Å². The second-order valence-electron chi connectivity index (χ2n) is 3.52. The normalized spacial score (nSPS) is 18.6. The number of alkyl halides is 1. The van der Waals surface area contributed by atoms with Gasteiger partial charge in [0.2, 0.25) is 0 Å². The van der Waals surface area contributed by atoms with Crippen LogP contribution in [0.4, 0.5) is 5.69 Å². The van der Waals surface area contributed by atoms with E-state index in [0.717, 1.165) is 11.5 Å². The highest BCUT2D eigenvalue weighted by Gasteiger charge is 2.13. The van der Waals surface area contributed by atoms with E-state index >= 15 is 0 Å². The van der Waals surface area contributed by atoms with E-state index in [0.29, 0.717) is 10.0 Å². The van der Waals surface area contributed by atoms with Crippen molar-refractivity contribution in [1.29, 1.82) is 0 Å². The molecule has 2 rings (SSSR count). The molecule has 1 atom stereocenters. The maximum absolute atomic E-state index is 5.96. The molecule has 0 fully saturated rings. The van der Waals surface area contributed by atoms with E-state index in [4.69, 9.17) is 34.8 Å². The number of halogens is 3. The Kier molecular flexibility index (Phi) is 3.82. The molecule has 0 spiro atoms. The quantitative estimate of drug-likeness (QED) is 0.667. The number of rotatable bonds is 2. The van der Waals surface area contributed by atoms with E-state index in [-0.39, 0.29) is 0 Å². The van der Waals surface area contributed by atoms with E-state index in [1.54, 1.807) is 12.3 Å². The van der Waals surface area contributed by atoms with Crippen LogP contribution in [-0.2, 0) is 0 Å². The second-order valence-corrected chi connectivity index (χ2v) is 4.80. The molecule has 1 N–H and O–H groups in total. The highest BCUT2D eigenvalue weighted by Crippen LogP contribution is 2.26. The van der Waals surface area contributed by atoms with Gasteiger partial charge in [-0.05, 0) is 24.3 Å². The van der Waals surface area contributed by atoms with E-state index < -0.39 is 5.62 Å². The Bertz CT molecular complexity index is 465. The fourth-order valence-corrected chi connectivity index (χ4v) is 2.17. The van der Waals surface area contributed by atoms with Gasteiger partial charge in [0.1, 0.15) is 5.82 Å². The summed E-state index contributed by atoms with van der Waals surface area (Å²) in [5.74, 6) is 0.832. The molecule has 1 aromatic rings. The monoisotopic (exact) mass is 289 g/mol. The number of nitrogens with zero attached hydrogens (tertiary/aromatic N) is 2. The Morgan fingerprint density at radius 2 is 1.88 bits per heavy atom. The lowest BCUT2D eigenvalue weighted by atomic mass is 10.3. The van der Waals surface area contributed by atoms with Gasteiger partial charge in [0, 0.05) is 29.0 Å². The molecule has 1 aliphatic rings. The molecule has 1 aliphatic heterocycles. The Labute approximate surface area is 115 Å². The summed E-state index contributed by atoms with van der Waals surface area (Å²) in [5, 5.41) is 4.20. The van der Waals surface area contributed by atoms with Crippen LogP contribution < -0.4 is 10.2 Å². The number of hydrogen-bond donors (Lipinski definition) is 1. The Balaban J connectivity index is 2.27. The molecule has 0 radical (unpaired) electrons. The third-order valence-electron chi connectivity index (χ3n) is 2.31. The molecule has 0 amide bonds. The molecule has 0 aromatic heterocycles. The van der Waals surface area contributed by atoms with Gasteiger partial charge in [-0.3, -0.25) is 4.99 Å². The molecule has 1 aromatic carbocycles. The average molecular weight is 291 g/mol. The minimum atomic E-state index is -0.452. The van der Waals surface area contributed by atoms with E-state index in [2.05, 4.69) is 10.3 Å². The number of benzene rings is 1. The van der Waals surface area contributed by atoms with Gasteiger partial charge in [-0.1, -0.05) is 34.8 Å². The molecular formula is C11H10Cl3N3. The van der Waals surface area contributed by atoms with E-state index in [1.807, 2.05) is 30.2 Å². The molecule has 17 heavy (non-hydrogen) atoms. The van der Waals surface area contributed by atoms with Crippen LogP contribution in [0, 0.1) is 0 Å². The van der Waals surface area contributed by atoms with Crippen molar-refractivity contribution >= 4 is 46.7 Å². The van der Waals surface area contributed by atoms with Crippen molar-refractivity contribution in [3.63, 3.8) is 0 Å². The second kappa shape index (κ2) is 5.17.